The quantitative estimate of drug-likeness (QED) is 0.0753. The van der Waals surface area contributed by atoms with Gasteiger partial charge in [0, 0.05) is 42.5 Å². The summed E-state index contributed by atoms with van der Waals surface area (Å²) in [7, 11) is 1.17. The molecule has 2 saturated carbocycles. The number of methoxy groups -OCH3 is 1. The Balaban J connectivity index is 0.000000228. The lowest BCUT2D eigenvalue weighted by atomic mass is 10.1. The summed E-state index contributed by atoms with van der Waals surface area (Å²) < 4.78 is 75.7. The number of hydrogen-bond acceptors (Lipinski definition) is 11. The molecule has 0 spiro atoms. The Morgan fingerprint density at radius 1 is 0.683 bits per heavy atom. The number of rotatable bonds is 18. The molecule has 6 rings (SSSR count). The van der Waals surface area contributed by atoms with Crippen molar-refractivity contribution in [1.82, 2.24) is 9.97 Å². The van der Waals surface area contributed by atoms with Gasteiger partial charge < -0.3 is 33.7 Å². The molecule has 2 fully saturated rings. The number of carbonyl (C=O) groups excluding carboxylic acids is 3. The number of aliphatic hydroxyl groups excluding tert-OH is 1. The van der Waals surface area contributed by atoms with Crippen molar-refractivity contribution in [2.75, 3.05) is 49.8 Å². The van der Waals surface area contributed by atoms with Crippen molar-refractivity contribution in [3.8, 4) is 23.0 Å². The zero-order valence-corrected chi connectivity index (χ0v) is 34.5. The van der Waals surface area contributed by atoms with Gasteiger partial charge in [-0.25, -0.2) is 0 Å². The van der Waals surface area contributed by atoms with E-state index in [0.717, 1.165) is 30.6 Å². The van der Waals surface area contributed by atoms with E-state index in [1.54, 1.807) is 0 Å². The van der Waals surface area contributed by atoms with Gasteiger partial charge in [-0.05, 0) is 73.9 Å². The van der Waals surface area contributed by atoms with E-state index in [4.69, 9.17) is 55.9 Å². The molecule has 13 nitrogen and oxygen atoms in total. The summed E-state index contributed by atoms with van der Waals surface area (Å²) in [5, 5.41) is 9.73. The molecule has 2 aliphatic rings. The van der Waals surface area contributed by atoms with Gasteiger partial charge in [-0.1, -0.05) is 46.4 Å². The van der Waals surface area contributed by atoms with Crippen LogP contribution in [0.5, 0.6) is 23.0 Å². The number of hydrogen-bond donors (Lipinski definition) is 1. The first-order valence-electron chi connectivity index (χ1n) is 18.0. The fourth-order valence-corrected chi connectivity index (χ4v) is 6.51. The van der Waals surface area contributed by atoms with E-state index in [2.05, 4.69) is 24.2 Å². The number of alkyl halides is 4. The van der Waals surface area contributed by atoms with Gasteiger partial charge in [-0.3, -0.25) is 29.3 Å². The molecule has 21 heteroatoms. The van der Waals surface area contributed by atoms with Gasteiger partial charge >= 0.3 is 19.2 Å². The molecule has 2 heterocycles. The maximum Gasteiger partial charge on any atom is 0.387 e. The average molecular weight is 923 g/mol. The van der Waals surface area contributed by atoms with Gasteiger partial charge in [0.2, 0.25) is 0 Å². The van der Waals surface area contributed by atoms with Crippen LogP contribution in [-0.2, 0) is 9.53 Å². The SMILES string of the molecule is COC(=O)CN(C(=O)c1ccc(OC(F)F)c(OCC2CC2)c1)c1c(Cl)cncc1Cl.O=C(c1ccc(OC(F)F)c(OCC2CC2)c1)N(CCO)c1c(Cl)cncc1Cl. The third kappa shape index (κ3) is 12.8. The maximum atomic E-state index is 13.3. The Kier molecular flexibility index (Phi) is 16.7. The van der Waals surface area contributed by atoms with Crippen molar-refractivity contribution in [3.63, 3.8) is 0 Å². The summed E-state index contributed by atoms with van der Waals surface area (Å²) in [5.74, 6) is -1.58. The molecule has 2 aromatic heterocycles. The monoisotopic (exact) mass is 920 g/mol. The maximum absolute atomic E-state index is 13.3. The van der Waals surface area contributed by atoms with Crippen LogP contribution in [0, 0.1) is 11.8 Å². The number of carbonyl (C=O) groups is 3. The van der Waals surface area contributed by atoms with E-state index in [0.29, 0.717) is 25.0 Å². The zero-order chi connectivity index (χ0) is 43.5. The highest BCUT2D eigenvalue weighted by molar-refractivity contribution is 6.40. The standard InChI is InChI=1S/C20H18Cl2F2N2O5.C19H18Cl2F2N2O4/c1-29-17(27)9-26(18-13(21)7-25-8-14(18)22)19(28)12-4-5-15(31-20(23)24)16(6-12)30-10-11-2-3-11;20-13-8-24-9-14(21)17(13)25(5-6-26)18(27)12-3-4-15(29-19(22)23)16(7-12)28-10-11-1-2-11/h4-8,11,20H,2-3,9-10H2,1H3;3-4,7-9,11,19,26H,1-2,5-6,10H2. The van der Waals surface area contributed by atoms with E-state index in [1.807, 2.05) is 0 Å². The van der Waals surface area contributed by atoms with E-state index in [1.165, 1.54) is 73.2 Å². The summed E-state index contributed by atoms with van der Waals surface area (Å²) in [5.41, 5.74) is 0.424. The van der Waals surface area contributed by atoms with Crippen LogP contribution >= 0.6 is 46.4 Å². The Morgan fingerprint density at radius 2 is 1.08 bits per heavy atom. The molecule has 0 unspecified atom stereocenters. The van der Waals surface area contributed by atoms with Crippen molar-refractivity contribution >= 4 is 75.6 Å². The largest absolute Gasteiger partial charge is 0.489 e. The molecule has 0 radical (unpaired) electrons. The number of aromatic nitrogens is 2. The van der Waals surface area contributed by atoms with Crippen LogP contribution in [0.4, 0.5) is 28.9 Å². The van der Waals surface area contributed by atoms with Crippen LogP contribution in [0.2, 0.25) is 20.1 Å². The molecule has 0 saturated heterocycles. The average Bonchev–Trinajstić information content (AvgIpc) is 4.15. The summed E-state index contributed by atoms with van der Waals surface area (Å²) in [6.45, 7) is -6.36. The highest BCUT2D eigenvalue weighted by Gasteiger charge is 2.29. The second-order valence-corrected chi connectivity index (χ2v) is 14.8. The molecule has 0 aliphatic heterocycles. The first-order valence-corrected chi connectivity index (χ1v) is 19.5. The second-order valence-electron chi connectivity index (χ2n) is 13.1. The number of aliphatic hydroxyl groups is 1. The minimum atomic E-state index is -3.06. The number of esters is 1. The van der Waals surface area contributed by atoms with Crippen LogP contribution in [0.15, 0.2) is 61.2 Å². The van der Waals surface area contributed by atoms with E-state index in [-0.39, 0.29) is 78.7 Å². The normalized spacial score (nSPS) is 13.3. The number of amides is 2. The highest BCUT2D eigenvalue weighted by atomic mass is 35.5. The summed E-state index contributed by atoms with van der Waals surface area (Å²) in [4.78, 5) is 48.2. The molecule has 2 aliphatic carbocycles. The lowest BCUT2D eigenvalue weighted by molar-refractivity contribution is -0.138. The number of halogens is 8. The minimum Gasteiger partial charge on any atom is -0.489 e. The number of nitrogens with zero attached hydrogens (tertiary/aromatic N) is 4. The van der Waals surface area contributed by atoms with Crippen LogP contribution in [0.1, 0.15) is 46.4 Å². The van der Waals surface area contributed by atoms with Crippen LogP contribution < -0.4 is 28.7 Å². The predicted octanol–water partition coefficient (Wildman–Crippen LogP) is 9.02. The minimum absolute atomic E-state index is 0.0111. The number of ether oxygens (including phenoxy) is 5. The van der Waals surface area contributed by atoms with Crippen LogP contribution in [0.25, 0.3) is 0 Å². The van der Waals surface area contributed by atoms with Gasteiger partial charge in [-0.2, -0.15) is 17.6 Å². The fraction of sp³-hybridized carbons (Fsp3) is 0.359. The topological polar surface area (TPSA) is 150 Å². The van der Waals surface area contributed by atoms with Crippen LogP contribution in [0.3, 0.4) is 0 Å². The van der Waals surface area contributed by atoms with E-state index in [9.17, 15) is 37.1 Å². The Bertz CT molecular complexity index is 2110. The molecule has 322 valence electrons. The zero-order valence-electron chi connectivity index (χ0n) is 31.5. The molecule has 0 atom stereocenters. The summed E-state index contributed by atoms with van der Waals surface area (Å²) >= 11 is 24.6. The van der Waals surface area contributed by atoms with Gasteiger partial charge in [0.25, 0.3) is 11.8 Å². The van der Waals surface area contributed by atoms with Gasteiger partial charge in [0.15, 0.2) is 23.0 Å². The molecule has 1 N–H and O–H groups in total. The summed E-state index contributed by atoms with van der Waals surface area (Å²) in [6.07, 6.45) is 9.16. The third-order valence-corrected chi connectivity index (χ3v) is 9.79. The van der Waals surface area contributed by atoms with Crippen molar-refractivity contribution in [2.45, 2.75) is 38.9 Å². The molecule has 60 heavy (non-hydrogen) atoms. The molecular weight excluding hydrogens is 886 g/mol. The van der Waals surface area contributed by atoms with E-state index < -0.39 is 37.6 Å². The lowest BCUT2D eigenvalue weighted by Crippen LogP contribution is -2.36. The molecule has 2 amide bonds. The van der Waals surface area contributed by atoms with Crippen molar-refractivity contribution < 1.29 is 60.7 Å². The van der Waals surface area contributed by atoms with Crippen LogP contribution in [-0.4, -0.2) is 86.1 Å². The molecule has 2 aromatic carbocycles. The van der Waals surface area contributed by atoms with Gasteiger partial charge in [-0.15, -0.1) is 0 Å². The predicted molar refractivity (Wildman–Crippen MR) is 214 cm³/mol. The first kappa shape index (κ1) is 46.3. The van der Waals surface area contributed by atoms with Crippen molar-refractivity contribution in [3.05, 3.63) is 92.4 Å². The Morgan fingerprint density at radius 3 is 1.45 bits per heavy atom. The summed E-state index contributed by atoms with van der Waals surface area (Å²) in [6, 6.07) is 7.66. The molecular formula is C39H36Cl4F4N4O9. The molecule has 0 bridgehead atoms. The number of pyridine rings is 2. The van der Waals surface area contributed by atoms with Gasteiger partial charge in [0.1, 0.15) is 6.54 Å². The van der Waals surface area contributed by atoms with Gasteiger partial charge in [0.05, 0.1) is 58.4 Å². The second kappa shape index (κ2) is 21.6. The number of benzene rings is 2. The number of anilines is 2. The van der Waals surface area contributed by atoms with E-state index >= 15 is 0 Å². The highest BCUT2D eigenvalue weighted by Crippen LogP contribution is 2.39. The fourth-order valence-electron chi connectivity index (χ4n) is 5.38. The molecule has 4 aromatic rings. The Hall–Kier alpha value is -4.81. The first-order chi connectivity index (χ1) is 28.7. The third-order valence-electron chi connectivity index (χ3n) is 8.68. The Labute approximate surface area is 360 Å². The van der Waals surface area contributed by atoms with Crippen molar-refractivity contribution in [1.29, 1.82) is 0 Å². The smallest absolute Gasteiger partial charge is 0.387 e. The lowest BCUT2D eigenvalue weighted by Gasteiger charge is -2.24. The van der Waals surface area contributed by atoms with Crippen molar-refractivity contribution in [2.24, 2.45) is 11.8 Å².